The molecule has 0 amide bonds. The van der Waals surface area contributed by atoms with E-state index in [0.29, 0.717) is 18.7 Å². The largest absolute Gasteiger partial charge is 0.459 e. The van der Waals surface area contributed by atoms with E-state index < -0.39 is 5.60 Å². The van der Waals surface area contributed by atoms with Crippen LogP contribution in [-0.4, -0.2) is 36.9 Å². The van der Waals surface area contributed by atoms with Crippen LogP contribution in [0.4, 0.5) is 0 Å². The molecule has 2 aliphatic rings. The van der Waals surface area contributed by atoms with E-state index in [9.17, 15) is 4.79 Å². The molecule has 20 heavy (non-hydrogen) atoms. The van der Waals surface area contributed by atoms with Gasteiger partial charge < -0.3 is 14.8 Å². The highest BCUT2D eigenvalue weighted by Gasteiger charge is 2.56. The second-order valence-electron chi connectivity index (χ2n) is 7.14. The normalized spacial score (nSPS) is 28.4. The van der Waals surface area contributed by atoms with Crippen molar-refractivity contribution in [3.8, 4) is 0 Å². The van der Waals surface area contributed by atoms with Gasteiger partial charge in [0.05, 0.1) is 12.6 Å². The lowest BCUT2D eigenvalue weighted by atomic mass is 9.60. The van der Waals surface area contributed by atoms with E-state index in [-0.39, 0.29) is 11.4 Å². The second-order valence-corrected chi connectivity index (χ2v) is 7.14. The molecule has 2 saturated carbocycles. The number of hydrogen-bond acceptors (Lipinski definition) is 4. The van der Waals surface area contributed by atoms with Gasteiger partial charge in [0.2, 0.25) is 0 Å². The summed E-state index contributed by atoms with van der Waals surface area (Å²) in [5.74, 6) is -0.162. The van der Waals surface area contributed by atoms with E-state index in [4.69, 9.17) is 9.47 Å². The average Bonchev–Trinajstić information content (AvgIpc) is 2.82. The van der Waals surface area contributed by atoms with E-state index in [1.807, 2.05) is 20.8 Å². The summed E-state index contributed by atoms with van der Waals surface area (Å²) < 4.78 is 11.2. The van der Waals surface area contributed by atoms with Gasteiger partial charge in [-0.3, -0.25) is 4.79 Å². The number of hydrogen-bond donors (Lipinski definition) is 1. The highest BCUT2D eigenvalue weighted by atomic mass is 16.6. The summed E-state index contributed by atoms with van der Waals surface area (Å²) in [4.78, 5) is 11.8. The molecule has 0 aromatic carbocycles. The van der Waals surface area contributed by atoms with Crippen molar-refractivity contribution in [3.63, 3.8) is 0 Å². The first-order valence-corrected chi connectivity index (χ1v) is 7.94. The molecule has 116 valence electrons. The van der Waals surface area contributed by atoms with Crippen molar-refractivity contribution in [2.45, 2.75) is 77.5 Å². The lowest BCUT2D eigenvalue weighted by molar-refractivity contribution is -0.157. The Balaban J connectivity index is 1.83. The van der Waals surface area contributed by atoms with Gasteiger partial charge in [-0.1, -0.05) is 12.8 Å². The Bertz CT molecular complexity index is 342. The summed E-state index contributed by atoms with van der Waals surface area (Å²) in [7, 11) is 0. The van der Waals surface area contributed by atoms with E-state index in [1.54, 1.807) is 0 Å². The van der Waals surface area contributed by atoms with E-state index in [1.165, 1.54) is 25.7 Å². The lowest BCUT2D eigenvalue weighted by Gasteiger charge is -2.54. The molecule has 1 spiro atoms. The zero-order valence-electron chi connectivity index (χ0n) is 13.3. The number of ether oxygens (including phenoxy) is 2. The average molecular weight is 283 g/mol. The SMILES string of the molecule is CCOC1CC(NCC(=O)OC(C)(C)C)C12CCCC2. The van der Waals surface area contributed by atoms with E-state index in [0.717, 1.165) is 13.0 Å². The molecule has 0 aromatic heterocycles. The Labute approximate surface area is 122 Å². The molecule has 0 radical (unpaired) electrons. The summed E-state index contributed by atoms with van der Waals surface area (Å²) in [5, 5.41) is 3.41. The number of nitrogens with one attached hydrogen (secondary N) is 1. The maximum atomic E-state index is 11.8. The second kappa shape index (κ2) is 6.02. The van der Waals surface area contributed by atoms with Gasteiger partial charge in [0.1, 0.15) is 5.60 Å². The molecule has 0 saturated heterocycles. The highest BCUT2D eigenvalue weighted by molar-refractivity contribution is 5.72. The topological polar surface area (TPSA) is 47.6 Å². The summed E-state index contributed by atoms with van der Waals surface area (Å²) in [6.45, 7) is 8.85. The van der Waals surface area contributed by atoms with Gasteiger partial charge in [-0.15, -0.1) is 0 Å². The van der Waals surface area contributed by atoms with Crippen LogP contribution in [0.5, 0.6) is 0 Å². The summed E-state index contributed by atoms with van der Waals surface area (Å²) >= 11 is 0. The Morgan fingerprint density at radius 3 is 2.50 bits per heavy atom. The molecular formula is C16H29NO3. The van der Waals surface area contributed by atoms with Crippen LogP contribution in [0.25, 0.3) is 0 Å². The Morgan fingerprint density at radius 2 is 1.95 bits per heavy atom. The molecule has 2 aliphatic carbocycles. The van der Waals surface area contributed by atoms with Gasteiger partial charge >= 0.3 is 5.97 Å². The fraction of sp³-hybridized carbons (Fsp3) is 0.938. The van der Waals surface area contributed by atoms with Crippen molar-refractivity contribution >= 4 is 5.97 Å². The minimum absolute atomic E-state index is 0.162. The molecule has 0 aromatic rings. The fourth-order valence-electron chi connectivity index (χ4n) is 3.76. The monoisotopic (exact) mass is 283 g/mol. The van der Waals surface area contributed by atoms with Crippen LogP contribution in [-0.2, 0) is 14.3 Å². The van der Waals surface area contributed by atoms with Crippen LogP contribution < -0.4 is 5.32 Å². The van der Waals surface area contributed by atoms with Gasteiger partial charge in [-0.25, -0.2) is 0 Å². The molecule has 4 heteroatoms. The van der Waals surface area contributed by atoms with Gasteiger partial charge in [0, 0.05) is 18.1 Å². The third-order valence-electron chi connectivity index (χ3n) is 4.60. The molecular weight excluding hydrogens is 254 g/mol. The number of carbonyl (C=O) groups excluding carboxylic acids is 1. The molecule has 2 atom stereocenters. The molecule has 2 rings (SSSR count). The van der Waals surface area contributed by atoms with Gasteiger partial charge in [0.15, 0.2) is 0 Å². The molecule has 2 fully saturated rings. The summed E-state index contributed by atoms with van der Waals surface area (Å²) in [6.07, 6.45) is 6.43. The minimum atomic E-state index is -0.405. The third kappa shape index (κ3) is 3.34. The number of esters is 1. The fourth-order valence-corrected chi connectivity index (χ4v) is 3.76. The number of carbonyl (C=O) groups is 1. The maximum Gasteiger partial charge on any atom is 0.320 e. The van der Waals surface area contributed by atoms with Crippen LogP contribution >= 0.6 is 0 Å². The summed E-state index contributed by atoms with van der Waals surface area (Å²) in [6, 6.07) is 0.411. The molecule has 1 N–H and O–H groups in total. The van der Waals surface area contributed by atoms with E-state index >= 15 is 0 Å². The first-order chi connectivity index (χ1) is 9.37. The minimum Gasteiger partial charge on any atom is -0.459 e. The van der Waals surface area contributed by atoms with Crippen LogP contribution in [0.1, 0.15) is 59.8 Å². The number of rotatable bonds is 5. The van der Waals surface area contributed by atoms with Crippen molar-refractivity contribution in [2.24, 2.45) is 5.41 Å². The molecule has 0 heterocycles. The van der Waals surface area contributed by atoms with Crippen molar-refractivity contribution in [1.82, 2.24) is 5.32 Å². The van der Waals surface area contributed by atoms with Crippen LogP contribution in [0.15, 0.2) is 0 Å². The zero-order chi connectivity index (χ0) is 14.8. The first-order valence-electron chi connectivity index (χ1n) is 7.94. The third-order valence-corrected chi connectivity index (χ3v) is 4.60. The predicted molar refractivity (Wildman–Crippen MR) is 78.6 cm³/mol. The Morgan fingerprint density at radius 1 is 1.30 bits per heavy atom. The first kappa shape index (κ1) is 15.8. The van der Waals surface area contributed by atoms with Crippen LogP contribution in [0.3, 0.4) is 0 Å². The summed E-state index contributed by atoms with van der Waals surface area (Å²) in [5.41, 5.74) is -0.130. The van der Waals surface area contributed by atoms with E-state index in [2.05, 4.69) is 12.2 Å². The van der Waals surface area contributed by atoms with Crippen LogP contribution in [0.2, 0.25) is 0 Å². The molecule has 0 bridgehead atoms. The molecule has 4 nitrogen and oxygen atoms in total. The van der Waals surface area contributed by atoms with Gasteiger partial charge in [-0.2, -0.15) is 0 Å². The Kier molecular flexibility index (Phi) is 4.75. The highest BCUT2D eigenvalue weighted by Crippen LogP contribution is 2.54. The molecule has 0 aliphatic heterocycles. The Hall–Kier alpha value is -0.610. The quantitative estimate of drug-likeness (QED) is 0.788. The lowest BCUT2D eigenvalue weighted by Crippen LogP contribution is -2.63. The smallest absolute Gasteiger partial charge is 0.320 e. The standard InChI is InChI=1S/C16H29NO3/c1-5-19-13-10-12(16(13)8-6-7-9-16)17-11-14(18)20-15(2,3)4/h12-13,17H,5-11H2,1-4H3. The van der Waals surface area contributed by atoms with Gasteiger partial charge in [-0.05, 0) is 47.0 Å². The van der Waals surface area contributed by atoms with Crippen molar-refractivity contribution < 1.29 is 14.3 Å². The van der Waals surface area contributed by atoms with Crippen molar-refractivity contribution in [3.05, 3.63) is 0 Å². The van der Waals surface area contributed by atoms with Crippen LogP contribution in [0, 0.1) is 5.41 Å². The predicted octanol–water partition coefficient (Wildman–Crippen LogP) is 2.66. The maximum absolute atomic E-state index is 11.8. The molecule has 2 unspecified atom stereocenters. The van der Waals surface area contributed by atoms with Gasteiger partial charge in [0.25, 0.3) is 0 Å². The van der Waals surface area contributed by atoms with Crippen molar-refractivity contribution in [1.29, 1.82) is 0 Å². The van der Waals surface area contributed by atoms with Crippen molar-refractivity contribution in [2.75, 3.05) is 13.2 Å². The zero-order valence-corrected chi connectivity index (χ0v) is 13.3.